The van der Waals surface area contributed by atoms with Crippen molar-refractivity contribution in [2.75, 3.05) is 27.2 Å². The summed E-state index contributed by atoms with van der Waals surface area (Å²) in [4.78, 5) is 13.5. The summed E-state index contributed by atoms with van der Waals surface area (Å²) in [5.41, 5.74) is 0.701. The molecule has 1 amide bonds. The highest BCUT2D eigenvalue weighted by Gasteiger charge is 2.23. The molecule has 0 aliphatic carbocycles. The van der Waals surface area contributed by atoms with Gasteiger partial charge in [0.15, 0.2) is 0 Å². The van der Waals surface area contributed by atoms with Gasteiger partial charge in [0.1, 0.15) is 0 Å². The van der Waals surface area contributed by atoms with Crippen molar-refractivity contribution in [3.8, 4) is 0 Å². The van der Waals surface area contributed by atoms with E-state index in [9.17, 15) is 4.79 Å². The van der Waals surface area contributed by atoms with Gasteiger partial charge in [-0.05, 0) is 32.9 Å². The van der Waals surface area contributed by atoms with Crippen LogP contribution in [-0.2, 0) is 4.79 Å². The molecule has 0 radical (unpaired) electrons. The molecular weight excluding hydrogens is 188 g/mol. The number of hydrogen-bond acceptors (Lipinski definition) is 2. The number of rotatable bonds is 6. The van der Waals surface area contributed by atoms with Crippen LogP contribution in [0.4, 0.5) is 0 Å². The van der Waals surface area contributed by atoms with Crippen LogP contribution in [-0.4, -0.2) is 38.0 Å². The molecule has 15 heavy (non-hydrogen) atoms. The first kappa shape index (κ1) is 14.2. The van der Waals surface area contributed by atoms with E-state index in [1.54, 1.807) is 6.92 Å². The maximum atomic E-state index is 11.4. The number of nitrogens with zero attached hydrogens (tertiary/aromatic N) is 1. The molecule has 1 unspecified atom stereocenters. The number of nitrogens with one attached hydrogen (secondary N) is 1. The Morgan fingerprint density at radius 3 is 2.33 bits per heavy atom. The Bertz CT molecular complexity index is 236. The average molecular weight is 212 g/mol. The van der Waals surface area contributed by atoms with Gasteiger partial charge in [-0.15, -0.1) is 0 Å². The van der Waals surface area contributed by atoms with Gasteiger partial charge >= 0.3 is 0 Å². The summed E-state index contributed by atoms with van der Waals surface area (Å²) >= 11 is 0. The third kappa shape index (κ3) is 5.57. The molecule has 3 heteroatoms. The molecule has 0 rings (SSSR count). The van der Waals surface area contributed by atoms with E-state index >= 15 is 0 Å². The largest absolute Gasteiger partial charge is 0.352 e. The van der Waals surface area contributed by atoms with E-state index in [4.69, 9.17) is 0 Å². The average Bonchev–Trinajstić information content (AvgIpc) is 2.13. The second kappa shape index (κ2) is 5.91. The molecule has 0 saturated heterocycles. The molecule has 0 fully saturated rings. The van der Waals surface area contributed by atoms with E-state index < -0.39 is 0 Å². The fraction of sp³-hybridized carbons (Fsp3) is 0.750. The molecule has 0 aromatic heterocycles. The summed E-state index contributed by atoms with van der Waals surface area (Å²) in [6, 6.07) is 0. The Balaban J connectivity index is 4.20. The highest BCUT2D eigenvalue weighted by atomic mass is 16.1. The second-order valence-corrected chi connectivity index (χ2v) is 4.87. The smallest absolute Gasteiger partial charge is 0.246 e. The highest BCUT2D eigenvalue weighted by molar-refractivity contribution is 5.92. The Kier molecular flexibility index (Phi) is 5.58. The summed E-state index contributed by atoms with van der Waals surface area (Å²) in [5, 5.41) is 2.91. The van der Waals surface area contributed by atoms with Gasteiger partial charge in [0.2, 0.25) is 5.91 Å². The van der Waals surface area contributed by atoms with Crippen LogP contribution in [0, 0.1) is 5.41 Å². The summed E-state index contributed by atoms with van der Waals surface area (Å²) in [6.45, 7) is 11.4. The minimum absolute atomic E-state index is 0.0477. The van der Waals surface area contributed by atoms with Crippen molar-refractivity contribution in [2.45, 2.75) is 27.2 Å². The zero-order chi connectivity index (χ0) is 12.1. The standard InChI is InChI=1S/C12H24N2O/c1-7-12(4,9-14(5)6)8-13-11(15)10(2)3/h2,7-9H2,1,3-6H3,(H,13,15). The van der Waals surface area contributed by atoms with Crippen molar-refractivity contribution in [3.63, 3.8) is 0 Å². The predicted octanol–water partition coefficient (Wildman–Crippen LogP) is 1.66. The van der Waals surface area contributed by atoms with Gasteiger partial charge in [-0.3, -0.25) is 4.79 Å². The van der Waals surface area contributed by atoms with E-state index in [0.29, 0.717) is 12.1 Å². The number of carbonyl (C=O) groups excluding carboxylic acids is 1. The lowest BCUT2D eigenvalue weighted by atomic mass is 9.87. The molecule has 0 spiro atoms. The van der Waals surface area contributed by atoms with Crippen LogP contribution in [0.15, 0.2) is 12.2 Å². The fourth-order valence-electron chi connectivity index (χ4n) is 1.50. The van der Waals surface area contributed by atoms with E-state index in [1.807, 2.05) is 0 Å². The molecule has 0 bridgehead atoms. The molecule has 0 heterocycles. The first-order valence-electron chi connectivity index (χ1n) is 5.39. The third-order valence-corrected chi connectivity index (χ3v) is 2.61. The second-order valence-electron chi connectivity index (χ2n) is 4.87. The predicted molar refractivity (Wildman–Crippen MR) is 64.8 cm³/mol. The van der Waals surface area contributed by atoms with Gasteiger partial charge < -0.3 is 10.2 Å². The van der Waals surface area contributed by atoms with Crippen molar-refractivity contribution < 1.29 is 4.79 Å². The Morgan fingerprint density at radius 2 is 2.00 bits per heavy atom. The number of carbonyl (C=O) groups is 1. The highest BCUT2D eigenvalue weighted by Crippen LogP contribution is 2.20. The number of amides is 1. The van der Waals surface area contributed by atoms with Crippen molar-refractivity contribution in [3.05, 3.63) is 12.2 Å². The lowest BCUT2D eigenvalue weighted by molar-refractivity contribution is -0.117. The molecule has 88 valence electrons. The zero-order valence-electron chi connectivity index (χ0n) is 10.7. The Morgan fingerprint density at radius 1 is 1.47 bits per heavy atom. The minimum Gasteiger partial charge on any atom is -0.352 e. The zero-order valence-corrected chi connectivity index (χ0v) is 10.7. The summed E-state index contributed by atoms with van der Waals surface area (Å²) in [7, 11) is 4.10. The van der Waals surface area contributed by atoms with Crippen LogP contribution >= 0.6 is 0 Å². The monoisotopic (exact) mass is 212 g/mol. The molecule has 1 atom stereocenters. The van der Waals surface area contributed by atoms with Crippen molar-refractivity contribution in [2.24, 2.45) is 5.41 Å². The van der Waals surface area contributed by atoms with Crippen LogP contribution in [0.5, 0.6) is 0 Å². The fourth-order valence-corrected chi connectivity index (χ4v) is 1.50. The van der Waals surface area contributed by atoms with Crippen LogP contribution in [0.25, 0.3) is 0 Å². The van der Waals surface area contributed by atoms with Crippen LogP contribution in [0.3, 0.4) is 0 Å². The first-order chi connectivity index (χ1) is 6.80. The number of hydrogen-bond donors (Lipinski definition) is 1. The summed E-state index contributed by atoms with van der Waals surface area (Å²) < 4.78 is 0. The van der Waals surface area contributed by atoms with Gasteiger partial charge in [0.05, 0.1) is 0 Å². The molecular formula is C12H24N2O. The van der Waals surface area contributed by atoms with Gasteiger partial charge in [-0.2, -0.15) is 0 Å². The SMILES string of the molecule is C=C(C)C(=O)NCC(C)(CC)CN(C)C. The topological polar surface area (TPSA) is 32.3 Å². The molecule has 0 aromatic carbocycles. The van der Waals surface area contributed by atoms with Crippen molar-refractivity contribution >= 4 is 5.91 Å². The lowest BCUT2D eigenvalue weighted by Gasteiger charge is -2.31. The van der Waals surface area contributed by atoms with E-state index in [-0.39, 0.29) is 11.3 Å². The van der Waals surface area contributed by atoms with Gasteiger partial charge in [0.25, 0.3) is 0 Å². The molecule has 0 aromatic rings. The minimum atomic E-state index is -0.0477. The summed E-state index contributed by atoms with van der Waals surface area (Å²) in [6.07, 6.45) is 1.04. The van der Waals surface area contributed by atoms with Crippen LogP contribution < -0.4 is 5.32 Å². The Hall–Kier alpha value is -0.830. The van der Waals surface area contributed by atoms with Gasteiger partial charge in [-0.25, -0.2) is 0 Å². The van der Waals surface area contributed by atoms with Crippen LogP contribution in [0.2, 0.25) is 0 Å². The van der Waals surface area contributed by atoms with Crippen LogP contribution in [0.1, 0.15) is 27.2 Å². The quantitative estimate of drug-likeness (QED) is 0.679. The third-order valence-electron chi connectivity index (χ3n) is 2.61. The van der Waals surface area contributed by atoms with Gasteiger partial charge in [0, 0.05) is 18.7 Å². The molecule has 0 aliphatic heterocycles. The van der Waals surface area contributed by atoms with E-state index in [0.717, 1.165) is 13.0 Å². The van der Waals surface area contributed by atoms with E-state index in [1.165, 1.54) is 0 Å². The maximum Gasteiger partial charge on any atom is 0.246 e. The van der Waals surface area contributed by atoms with E-state index in [2.05, 4.69) is 44.7 Å². The Labute approximate surface area is 93.5 Å². The van der Waals surface area contributed by atoms with Gasteiger partial charge in [-0.1, -0.05) is 20.4 Å². The summed E-state index contributed by atoms with van der Waals surface area (Å²) in [5.74, 6) is -0.0477. The lowest BCUT2D eigenvalue weighted by Crippen LogP contribution is -2.41. The first-order valence-corrected chi connectivity index (χ1v) is 5.39. The molecule has 0 saturated carbocycles. The van der Waals surface area contributed by atoms with Crippen molar-refractivity contribution in [1.82, 2.24) is 10.2 Å². The molecule has 1 N–H and O–H groups in total. The molecule has 0 aliphatic rings. The maximum absolute atomic E-state index is 11.4. The normalized spacial score (nSPS) is 14.8. The van der Waals surface area contributed by atoms with Crippen molar-refractivity contribution in [1.29, 1.82) is 0 Å². The molecule has 3 nitrogen and oxygen atoms in total.